The molecular weight excluding hydrogens is 572 g/mol. The van der Waals surface area contributed by atoms with E-state index in [4.69, 9.17) is 0 Å². The van der Waals surface area contributed by atoms with E-state index in [1.54, 1.807) is 91.1 Å². The quantitative estimate of drug-likeness (QED) is 0.192. The number of para-hydroxylation sites is 2. The molecule has 0 aromatic heterocycles. The molecule has 0 saturated carbocycles. The highest BCUT2D eigenvalue weighted by atomic mass is 32.2. The first-order chi connectivity index (χ1) is 20.0. The van der Waals surface area contributed by atoms with Gasteiger partial charge in [-0.1, -0.05) is 71.8 Å². The maximum absolute atomic E-state index is 12.8. The average molecular weight is 605 g/mol. The molecule has 4 aromatic rings. The molecule has 0 saturated heterocycles. The fourth-order valence-corrected chi connectivity index (χ4v) is 6.02. The maximum atomic E-state index is 12.8. The van der Waals surface area contributed by atoms with Crippen LogP contribution < -0.4 is 9.44 Å². The van der Waals surface area contributed by atoms with Crippen molar-refractivity contribution in [3.63, 3.8) is 0 Å². The Morgan fingerprint density at radius 3 is 1.57 bits per heavy atom. The van der Waals surface area contributed by atoms with Crippen LogP contribution in [-0.2, 0) is 20.0 Å². The van der Waals surface area contributed by atoms with E-state index in [0.29, 0.717) is 22.5 Å². The number of hydrogen-bond acceptors (Lipinski definition) is 7. The zero-order chi connectivity index (χ0) is 30.2. The highest BCUT2D eigenvalue weighted by Crippen LogP contribution is 2.21. The molecular formula is C31H32N4O5S2. The molecule has 218 valence electrons. The smallest absolute Gasteiger partial charge is 0.261 e. The molecule has 0 aliphatic heterocycles. The number of aliphatic hydroxyl groups is 1. The Morgan fingerprint density at radius 1 is 0.667 bits per heavy atom. The molecule has 0 spiro atoms. The molecule has 0 aliphatic rings. The number of hydrogen-bond donors (Lipinski definition) is 3. The van der Waals surface area contributed by atoms with Crippen molar-refractivity contribution in [2.24, 2.45) is 9.98 Å². The van der Waals surface area contributed by atoms with Crippen LogP contribution in [0, 0.1) is 13.8 Å². The van der Waals surface area contributed by atoms with Gasteiger partial charge >= 0.3 is 0 Å². The monoisotopic (exact) mass is 604 g/mol. The number of aryl methyl sites for hydroxylation is 2. The number of rotatable bonds is 12. The van der Waals surface area contributed by atoms with Crippen molar-refractivity contribution in [2.75, 3.05) is 16.0 Å². The second-order valence-corrected chi connectivity index (χ2v) is 13.0. The van der Waals surface area contributed by atoms with Crippen LogP contribution >= 0.6 is 0 Å². The average Bonchev–Trinajstić information content (AvgIpc) is 2.96. The molecule has 0 bridgehead atoms. The minimum Gasteiger partial charge on any atom is -0.372 e. The number of anilines is 2. The van der Waals surface area contributed by atoms with Crippen molar-refractivity contribution in [3.8, 4) is 0 Å². The summed E-state index contributed by atoms with van der Waals surface area (Å²) in [5, 5.41) is 10.4. The Labute approximate surface area is 246 Å². The van der Waals surface area contributed by atoms with Gasteiger partial charge < -0.3 is 5.11 Å². The maximum Gasteiger partial charge on any atom is 0.261 e. The molecule has 0 aliphatic carbocycles. The summed E-state index contributed by atoms with van der Waals surface area (Å²) in [7, 11) is -7.58. The van der Waals surface area contributed by atoms with Crippen LogP contribution in [0.4, 0.5) is 11.4 Å². The molecule has 1 atom stereocenters. The minimum atomic E-state index is -3.80. The Kier molecular flexibility index (Phi) is 9.89. The summed E-state index contributed by atoms with van der Waals surface area (Å²) < 4.78 is 56.5. The van der Waals surface area contributed by atoms with Crippen molar-refractivity contribution < 1.29 is 21.9 Å². The van der Waals surface area contributed by atoms with Gasteiger partial charge in [0.25, 0.3) is 20.0 Å². The standard InChI is InChI=1S/C31H32N4O5S2/c1-23-11-15-27(16-12-23)41(37,38)34-29-9-5-3-7-25(29)21-32-20-19-31(36)33-22-26-8-4-6-10-30(26)35-42(39,40)28-17-13-24(2)14-18-28/h3-18,21-22,31,34-36H,19-20H2,1-2H3. The lowest BCUT2D eigenvalue weighted by molar-refractivity contribution is 0.178. The van der Waals surface area contributed by atoms with Crippen LogP contribution in [0.25, 0.3) is 0 Å². The molecule has 0 radical (unpaired) electrons. The summed E-state index contributed by atoms with van der Waals surface area (Å²) in [5.74, 6) is 0. The van der Waals surface area contributed by atoms with E-state index < -0.39 is 26.3 Å². The third-order valence-corrected chi connectivity index (χ3v) is 8.97. The molecule has 0 heterocycles. The molecule has 1 unspecified atom stereocenters. The predicted molar refractivity (Wildman–Crippen MR) is 168 cm³/mol. The Bertz CT molecular complexity index is 1790. The molecule has 9 nitrogen and oxygen atoms in total. The Morgan fingerprint density at radius 2 is 1.10 bits per heavy atom. The Balaban J connectivity index is 1.37. The van der Waals surface area contributed by atoms with Crippen molar-refractivity contribution >= 4 is 43.9 Å². The van der Waals surface area contributed by atoms with Gasteiger partial charge in [-0.25, -0.2) is 16.8 Å². The molecule has 4 rings (SSSR count). The van der Waals surface area contributed by atoms with Gasteiger partial charge in [-0.05, 0) is 50.2 Å². The van der Waals surface area contributed by atoms with Gasteiger partial charge in [0.15, 0.2) is 0 Å². The molecule has 3 N–H and O–H groups in total. The fourth-order valence-electron chi connectivity index (χ4n) is 3.84. The second kappa shape index (κ2) is 13.6. The molecule has 11 heteroatoms. The summed E-state index contributed by atoms with van der Waals surface area (Å²) >= 11 is 0. The van der Waals surface area contributed by atoms with Crippen LogP contribution in [0.1, 0.15) is 28.7 Å². The predicted octanol–water partition coefficient (Wildman–Crippen LogP) is 5.15. The van der Waals surface area contributed by atoms with Gasteiger partial charge in [0.1, 0.15) is 6.23 Å². The third-order valence-electron chi connectivity index (χ3n) is 6.21. The van der Waals surface area contributed by atoms with E-state index in [1.165, 1.54) is 18.3 Å². The number of benzene rings is 4. The number of nitrogens with zero attached hydrogens (tertiary/aromatic N) is 2. The molecule has 0 amide bonds. The first-order valence-corrected chi connectivity index (χ1v) is 16.1. The molecule has 42 heavy (non-hydrogen) atoms. The zero-order valence-corrected chi connectivity index (χ0v) is 24.8. The minimum absolute atomic E-state index is 0.141. The van der Waals surface area contributed by atoms with Crippen LogP contribution in [0.5, 0.6) is 0 Å². The summed E-state index contributed by atoms with van der Waals surface area (Å²) in [6.45, 7) is 3.98. The first kappa shape index (κ1) is 30.6. The van der Waals surface area contributed by atoms with Crippen molar-refractivity contribution in [2.45, 2.75) is 36.3 Å². The van der Waals surface area contributed by atoms with E-state index >= 15 is 0 Å². The first-order valence-electron chi connectivity index (χ1n) is 13.1. The SMILES string of the molecule is Cc1ccc(S(=O)(=O)Nc2ccccc2C=NCCC(O)N=Cc2ccccc2NS(=O)(=O)c2ccc(C)cc2)cc1. The lowest BCUT2D eigenvalue weighted by Crippen LogP contribution is -2.14. The van der Waals surface area contributed by atoms with Gasteiger partial charge in [-0.15, -0.1) is 0 Å². The highest BCUT2D eigenvalue weighted by molar-refractivity contribution is 7.93. The molecule has 4 aromatic carbocycles. The second-order valence-electron chi connectivity index (χ2n) is 9.59. The summed E-state index contributed by atoms with van der Waals surface area (Å²) in [6.07, 6.45) is 2.07. The third kappa shape index (κ3) is 8.35. The summed E-state index contributed by atoms with van der Waals surface area (Å²) in [5.41, 5.74) is 3.68. The Hall–Kier alpha value is -4.32. The zero-order valence-electron chi connectivity index (χ0n) is 23.2. The summed E-state index contributed by atoms with van der Waals surface area (Å²) in [6, 6.07) is 26.7. The molecule has 0 fully saturated rings. The largest absolute Gasteiger partial charge is 0.372 e. The topological polar surface area (TPSA) is 137 Å². The van der Waals surface area contributed by atoms with E-state index in [9.17, 15) is 21.9 Å². The number of sulfonamides is 2. The van der Waals surface area contributed by atoms with Gasteiger partial charge in [0.05, 0.1) is 21.2 Å². The summed E-state index contributed by atoms with van der Waals surface area (Å²) in [4.78, 5) is 8.78. The number of aliphatic hydroxyl groups excluding tert-OH is 1. The van der Waals surface area contributed by atoms with Crippen molar-refractivity contribution in [3.05, 3.63) is 119 Å². The van der Waals surface area contributed by atoms with Gasteiger partial charge in [0, 0.05) is 36.5 Å². The van der Waals surface area contributed by atoms with Crippen LogP contribution in [0.2, 0.25) is 0 Å². The number of nitrogens with one attached hydrogen (secondary N) is 2. The lowest BCUT2D eigenvalue weighted by atomic mass is 10.2. The van der Waals surface area contributed by atoms with Gasteiger partial charge in [0.2, 0.25) is 0 Å². The van der Waals surface area contributed by atoms with Crippen molar-refractivity contribution in [1.82, 2.24) is 0 Å². The fraction of sp³-hybridized carbons (Fsp3) is 0.161. The van der Waals surface area contributed by atoms with E-state index in [0.717, 1.165) is 11.1 Å². The van der Waals surface area contributed by atoms with Crippen LogP contribution in [0.15, 0.2) is 117 Å². The van der Waals surface area contributed by atoms with E-state index in [1.807, 2.05) is 13.8 Å². The van der Waals surface area contributed by atoms with Gasteiger partial charge in [-0.2, -0.15) is 0 Å². The lowest BCUT2D eigenvalue weighted by Gasteiger charge is -2.11. The van der Waals surface area contributed by atoms with E-state index in [-0.39, 0.29) is 22.8 Å². The van der Waals surface area contributed by atoms with E-state index in [2.05, 4.69) is 19.4 Å². The van der Waals surface area contributed by atoms with Gasteiger partial charge in [-0.3, -0.25) is 19.4 Å². The normalized spacial score (nSPS) is 12.9. The van der Waals surface area contributed by atoms with Crippen LogP contribution in [0.3, 0.4) is 0 Å². The highest BCUT2D eigenvalue weighted by Gasteiger charge is 2.16. The number of aliphatic imine (C=N–C) groups is 2. The van der Waals surface area contributed by atoms with Crippen molar-refractivity contribution in [1.29, 1.82) is 0 Å². The van der Waals surface area contributed by atoms with Crippen LogP contribution in [-0.4, -0.2) is 47.1 Å².